The maximum atomic E-state index is 5.27. The van der Waals surface area contributed by atoms with Crippen molar-refractivity contribution < 1.29 is 4.74 Å². The van der Waals surface area contributed by atoms with E-state index < -0.39 is 0 Å². The van der Waals surface area contributed by atoms with Crippen molar-refractivity contribution in [3.8, 4) is 5.75 Å². The molecule has 0 fully saturated rings. The summed E-state index contributed by atoms with van der Waals surface area (Å²) in [6.07, 6.45) is 4.58. The SMILES string of the molecule is CNC(Cc1cncc(Br)c1)c1cccc(OC)c1. The van der Waals surface area contributed by atoms with Crippen molar-refractivity contribution >= 4 is 15.9 Å². The highest BCUT2D eigenvalue weighted by Crippen LogP contribution is 2.23. The van der Waals surface area contributed by atoms with Crippen LogP contribution < -0.4 is 10.1 Å². The Hall–Kier alpha value is -1.39. The molecule has 2 rings (SSSR count). The number of methoxy groups -OCH3 is 1. The Bertz CT molecular complexity index is 545. The second kappa shape index (κ2) is 6.68. The summed E-state index contributed by atoms with van der Waals surface area (Å²) in [6, 6.07) is 10.5. The Morgan fingerprint density at radius 2 is 2.16 bits per heavy atom. The monoisotopic (exact) mass is 320 g/mol. The number of halogens is 1. The molecule has 100 valence electrons. The van der Waals surface area contributed by atoms with E-state index in [4.69, 9.17) is 4.74 Å². The summed E-state index contributed by atoms with van der Waals surface area (Å²) in [5.41, 5.74) is 2.40. The smallest absolute Gasteiger partial charge is 0.119 e. The molecule has 0 bridgehead atoms. The van der Waals surface area contributed by atoms with Crippen LogP contribution in [0.25, 0.3) is 0 Å². The van der Waals surface area contributed by atoms with Crippen LogP contribution in [0.2, 0.25) is 0 Å². The van der Waals surface area contributed by atoms with Crippen LogP contribution in [0.1, 0.15) is 17.2 Å². The highest BCUT2D eigenvalue weighted by atomic mass is 79.9. The van der Waals surface area contributed by atoms with Crippen LogP contribution in [-0.4, -0.2) is 19.1 Å². The zero-order chi connectivity index (χ0) is 13.7. The zero-order valence-corrected chi connectivity index (χ0v) is 12.6. The fourth-order valence-corrected chi connectivity index (χ4v) is 2.46. The van der Waals surface area contributed by atoms with Gasteiger partial charge in [0.15, 0.2) is 0 Å². The van der Waals surface area contributed by atoms with Crippen molar-refractivity contribution in [3.05, 3.63) is 58.3 Å². The van der Waals surface area contributed by atoms with E-state index in [1.54, 1.807) is 13.3 Å². The molecule has 0 spiro atoms. The predicted molar refractivity (Wildman–Crippen MR) is 80.4 cm³/mol. The minimum absolute atomic E-state index is 0.242. The molecule has 3 nitrogen and oxygen atoms in total. The molecular weight excluding hydrogens is 304 g/mol. The Morgan fingerprint density at radius 3 is 2.84 bits per heavy atom. The van der Waals surface area contributed by atoms with E-state index in [0.29, 0.717) is 0 Å². The lowest BCUT2D eigenvalue weighted by molar-refractivity contribution is 0.413. The molecule has 0 radical (unpaired) electrons. The van der Waals surface area contributed by atoms with E-state index in [1.807, 2.05) is 25.4 Å². The number of hydrogen-bond acceptors (Lipinski definition) is 3. The van der Waals surface area contributed by atoms with E-state index in [1.165, 1.54) is 11.1 Å². The molecule has 1 N–H and O–H groups in total. The van der Waals surface area contributed by atoms with Crippen molar-refractivity contribution in [2.24, 2.45) is 0 Å². The minimum Gasteiger partial charge on any atom is -0.497 e. The molecule has 4 heteroatoms. The molecule has 0 aliphatic heterocycles. The first kappa shape index (κ1) is 14.0. The molecule has 0 saturated carbocycles. The third-order valence-corrected chi connectivity index (χ3v) is 3.48. The summed E-state index contributed by atoms with van der Waals surface area (Å²) in [5.74, 6) is 0.880. The van der Waals surface area contributed by atoms with E-state index in [9.17, 15) is 0 Å². The van der Waals surface area contributed by atoms with Gasteiger partial charge < -0.3 is 10.1 Å². The highest BCUT2D eigenvalue weighted by Gasteiger charge is 2.11. The summed E-state index contributed by atoms with van der Waals surface area (Å²) in [5, 5.41) is 3.34. The third-order valence-electron chi connectivity index (χ3n) is 3.05. The minimum atomic E-state index is 0.242. The molecule has 0 amide bonds. The largest absolute Gasteiger partial charge is 0.497 e. The van der Waals surface area contributed by atoms with Gasteiger partial charge in [0, 0.05) is 22.9 Å². The first-order valence-electron chi connectivity index (χ1n) is 6.13. The van der Waals surface area contributed by atoms with Gasteiger partial charge in [0.05, 0.1) is 7.11 Å². The van der Waals surface area contributed by atoms with E-state index >= 15 is 0 Å². The molecule has 0 aliphatic rings. The summed E-state index contributed by atoms with van der Waals surface area (Å²) < 4.78 is 6.28. The number of nitrogens with one attached hydrogen (secondary N) is 1. The fourth-order valence-electron chi connectivity index (χ4n) is 2.05. The van der Waals surface area contributed by atoms with Crippen LogP contribution >= 0.6 is 15.9 Å². The molecule has 1 unspecified atom stereocenters. The van der Waals surface area contributed by atoms with Crippen LogP contribution in [0.5, 0.6) is 5.75 Å². The Balaban J connectivity index is 2.19. The molecule has 1 heterocycles. The van der Waals surface area contributed by atoms with E-state index in [2.05, 4.69) is 44.4 Å². The number of nitrogens with zero attached hydrogens (tertiary/aromatic N) is 1. The number of hydrogen-bond donors (Lipinski definition) is 1. The average Bonchev–Trinajstić information content (AvgIpc) is 2.45. The number of aromatic nitrogens is 1. The maximum Gasteiger partial charge on any atom is 0.119 e. The zero-order valence-electron chi connectivity index (χ0n) is 11.1. The highest BCUT2D eigenvalue weighted by molar-refractivity contribution is 9.10. The first-order valence-corrected chi connectivity index (χ1v) is 6.93. The predicted octanol–water partition coefficient (Wildman–Crippen LogP) is 3.36. The quantitative estimate of drug-likeness (QED) is 0.917. The molecule has 1 aromatic carbocycles. The lowest BCUT2D eigenvalue weighted by atomic mass is 10.00. The maximum absolute atomic E-state index is 5.27. The van der Waals surface area contributed by atoms with Crippen molar-refractivity contribution in [2.75, 3.05) is 14.2 Å². The number of likely N-dealkylation sites (N-methyl/N-ethyl adjacent to an activating group) is 1. The van der Waals surface area contributed by atoms with Crippen LogP contribution in [0.15, 0.2) is 47.2 Å². The van der Waals surface area contributed by atoms with Crippen molar-refractivity contribution in [1.82, 2.24) is 10.3 Å². The van der Waals surface area contributed by atoms with Crippen molar-refractivity contribution in [3.63, 3.8) is 0 Å². The summed E-state index contributed by atoms with van der Waals surface area (Å²) in [4.78, 5) is 4.20. The number of benzene rings is 1. The Kier molecular flexibility index (Phi) is 4.93. The van der Waals surface area contributed by atoms with Crippen LogP contribution in [-0.2, 0) is 6.42 Å². The van der Waals surface area contributed by atoms with Crippen LogP contribution in [0, 0.1) is 0 Å². The van der Waals surface area contributed by atoms with Crippen molar-refractivity contribution in [2.45, 2.75) is 12.5 Å². The second-order valence-electron chi connectivity index (χ2n) is 4.33. The number of ether oxygens (including phenoxy) is 1. The topological polar surface area (TPSA) is 34.2 Å². The standard InChI is InChI=1S/C15H17BrN2O/c1-17-15(7-11-6-13(16)10-18-9-11)12-4-3-5-14(8-12)19-2/h3-6,8-10,15,17H,7H2,1-2H3. The Labute approximate surface area is 122 Å². The molecule has 1 atom stereocenters. The van der Waals surface area contributed by atoms with E-state index in [-0.39, 0.29) is 6.04 Å². The van der Waals surface area contributed by atoms with Gasteiger partial charge in [-0.2, -0.15) is 0 Å². The van der Waals surface area contributed by atoms with Crippen LogP contribution in [0.4, 0.5) is 0 Å². The summed E-state index contributed by atoms with van der Waals surface area (Å²) in [7, 11) is 3.65. The molecule has 2 aromatic rings. The van der Waals surface area contributed by atoms with E-state index in [0.717, 1.165) is 16.6 Å². The molecule has 1 aromatic heterocycles. The molecule has 19 heavy (non-hydrogen) atoms. The van der Waals surface area contributed by atoms with Gasteiger partial charge in [-0.15, -0.1) is 0 Å². The Morgan fingerprint density at radius 1 is 1.32 bits per heavy atom. The number of pyridine rings is 1. The second-order valence-corrected chi connectivity index (χ2v) is 5.25. The summed E-state index contributed by atoms with van der Waals surface area (Å²) in [6.45, 7) is 0. The fraction of sp³-hybridized carbons (Fsp3) is 0.267. The molecule has 0 saturated heterocycles. The van der Waals surface area contributed by atoms with Gasteiger partial charge in [0.25, 0.3) is 0 Å². The van der Waals surface area contributed by atoms with Gasteiger partial charge in [-0.05, 0) is 58.7 Å². The van der Waals surface area contributed by atoms with Gasteiger partial charge in [-0.1, -0.05) is 12.1 Å². The van der Waals surface area contributed by atoms with Crippen LogP contribution in [0.3, 0.4) is 0 Å². The third kappa shape index (κ3) is 3.78. The van der Waals surface area contributed by atoms with Gasteiger partial charge in [-0.3, -0.25) is 4.98 Å². The van der Waals surface area contributed by atoms with Gasteiger partial charge >= 0.3 is 0 Å². The normalized spacial score (nSPS) is 12.2. The average molecular weight is 321 g/mol. The first-order chi connectivity index (χ1) is 9.22. The van der Waals surface area contributed by atoms with Gasteiger partial charge in [-0.25, -0.2) is 0 Å². The van der Waals surface area contributed by atoms with Gasteiger partial charge in [0.2, 0.25) is 0 Å². The molecular formula is C15H17BrN2O. The molecule has 0 aliphatic carbocycles. The van der Waals surface area contributed by atoms with Gasteiger partial charge in [0.1, 0.15) is 5.75 Å². The number of rotatable bonds is 5. The summed E-state index contributed by atoms with van der Waals surface area (Å²) >= 11 is 3.45. The van der Waals surface area contributed by atoms with Crippen molar-refractivity contribution in [1.29, 1.82) is 0 Å². The lowest BCUT2D eigenvalue weighted by Gasteiger charge is -2.17. The lowest BCUT2D eigenvalue weighted by Crippen LogP contribution is -2.18.